The summed E-state index contributed by atoms with van der Waals surface area (Å²) in [6, 6.07) is -4.53. The van der Waals surface area contributed by atoms with Crippen LogP contribution in [0.15, 0.2) is 0 Å². The summed E-state index contributed by atoms with van der Waals surface area (Å²) in [7, 11) is 1.64. The van der Waals surface area contributed by atoms with Gasteiger partial charge in [-0.3, -0.25) is 57.5 Å². The van der Waals surface area contributed by atoms with Crippen molar-refractivity contribution in [1.82, 2.24) is 63.8 Å². The topological polar surface area (TPSA) is 651 Å². The smallest absolute Gasteiger partial charge is 0.245 e. The van der Waals surface area contributed by atoms with Crippen LogP contribution in [0.4, 0.5) is 0 Å². The second-order valence-electron chi connectivity index (χ2n) is 31.2. The number of carbonyl (C=O) groups excluding carboxylic acids is 12. The Morgan fingerprint density at radius 2 is 0.578 bits per heavy atom. The molecule has 46 heteroatoms. The zero-order chi connectivity index (χ0) is 94.1. The third-order valence-electron chi connectivity index (χ3n) is 20.2. The maximum atomic E-state index is 14.0. The molecule has 0 aromatic rings. The Morgan fingerprint density at radius 3 is 0.922 bits per heavy atom. The lowest BCUT2D eigenvalue weighted by Gasteiger charge is -2.42. The molecule has 0 spiro atoms. The van der Waals surface area contributed by atoms with E-state index in [-0.39, 0.29) is 213 Å². The van der Waals surface area contributed by atoms with Gasteiger partial charge in [-0.05, 0) is 96.3 Å². The van der Waals surface area contributed by atoms with E-state index in [0.717, 1.165) is 25.7 Å². The molecular formula is C82H148N12O34. The van der Waals surface area contributed by atoms with E-state index in [1.165, 1.54) is 20.8 Å². The quantitative estimate of drug-likeness (QED) is 0.0252. The third-order valence-corrected chi connectivity index (χ3v) is 20.2. The lowest BCUT2D eigenvalue weighted by atomic mass is 9.97. The minimum Gasteiger partial charge on any atom is -0.394 e. The molecule has 0 bridgehead atoms. The number of amides is 12. The predicted octanol–water partition coefficient (Wildman–Crippen LogP) is -6.63. The molecule has 0 aromatic carbocycles. The Bertz CT molecular complexity index is 3110. The standard InChI is InChI=1S/C82H148N12O34/c1-54(98)90-71-77(113)74(110)59(48-95)126-80(71)123-34-16-9-22-62(101)87-30-37-117-40-43-120-51-68(107)84-27-13-7-20-57(46-66(105)83-26-12-5-6-15-33-116-4)94-67(106)47-58(21-8-14-28-85-69(108)52-121-44-41-118-38-31-88-63(102)23-10-17-35-124-81-72(91-55(2)99)78(114)75(111)60(49-96)127-81)93-65(104)25-19-29-86-70(109)53-122-45-42-119-39-32-89-64(103)24-11-18-36-125-82-73(92-56(3)100)79(115)76(112)61(50-97)128-82/h57-61,71-82,95-97,110-115H,5-53H2,1-4H3,(H,83,105)(H,84,107)(H,85,108)(H,86,109)(H,87,101)(H,88,102)(H,89,103)(H,90,98)(H,91,99)(H,92,100)(H,93,104)(H,94,106)/t57-,58-,59?,60?,61?,71?,72?,73?,74-,75-,76-,77+,78+,79+,80+,81+,82+/m0/s1. The summed E-state index contributed by atoms with van der Waals surface area (Å²) in [6.45, 7) is 4.95. The van der Waals surface area contributed by atoms with Crippen molar-refractivity contribution in [2.75, 3.05) is 178 Å². The average Bonchev–Trinajstić information content (AvgIpc) is 0.818. The molecule has 3 rings (SSSR count). The van der Waals surface area contributed by atoms with E-state index in [1.807, 2.05) is 0 Å². The highest BCUT2D eigenvalue weighted by Crippen LogP contribution is 2.26. The maximum absolute atomic E-state index is 14.0. The van der Waals surface area contributed by atoms with Crippen molar-refractivity contribution in [3.05, 3.63) is 0 Å². The van der Waals surface area contributed by atoms with Crippen LogP contribution in [0.2, 0.25) is 0 Å². The Balaban J connectivity index is 1.43. The molecule has 3 heterocycles. The summed E-state index contributed by atoms with van der Waals surface area (Å²) in [5, 5.41) is 123. The molecule has 21 N–H and O–H groups in total. The Hall–Kier alpha value is -7.24. The van der Waals surface area contributed by atoms with E-state index in [1.54, 1.807) is 7.11 Å². The summed E-state index contributed by atoms with van der Waals surface area (Å²) in [5.74, 6) is -4.46. The second kappa shape index (κ2) is 71.4. The van der Waals surface area contributed by atoms with E-state index in [9.17, 15) is 103 Å². The molecular weight excluding hydrogens is 1700 g/mol. The Kier molecular flexibility index (Phi) is 64.1. The van der Waals surface area contributed by atoms with Gasteiger partial charge in [-0.1, -0.05) is 12.8 Å². The van der Waals surface area contributed by atoms with Crippen LogP contribution in [0.1, 0.15) is 168 Å². The number of aliphatic hydroxyl groups is 9. The Labute approximate surface area is 747 Å². The minimum absolute atomic E-state index is 0.0200. The first-order valence-corrected chi connectivity index (χ1v) is 44.6. The molecule has 3 aliphatic rings. The summed E-state index contributed by atoms with van der Waals surface area (Å²) in [6.07, 6.45) is -6.33. The number of hydrogen-bond acceptors (Lipinski definition) is 34. The van der Waals surface area contributed by atoms with Crippen LogP contribution in [0.3, 0.4) is 0 Å². The fourth-order valence-corrected chi connectivity index (χ4v) is 13.4. The molecule has 17 atom stereocenters. The number of methoxy groups -OCH3 is 1. The van der Waals surface area contributed by atoms with Crippen molar-refractivity contribution in [1.29, 1.82) is 0 Å². The van der Waals surface area contributed by atoms with E-state index < -0.39 is 165 Å². The van der Waals surface area contributed by atoms with E-state index in [4.69, 9.17) is 61.6 Å². The molecule has 3 fully saturated rings. The zero-order valence-electron chi connectivity index (χ0n) is 74.7. The van der Waals surface area contributed by atoms with Gasteiger partial charge in [0.2, 0.25) is 70.9 Å². The molecule has 3 aliphatic heterocycles. The molecule has 6 unspecified atom stereocenters. The largest absolute Gasteiger partial charge is 0.394 e. The fourth-order valence-electron chi connectivity index (χ4n) is 13.4. The van der Waals surface area contributed by atoms with Gasteiger partial charge in [0.1, 0.15) is 92.9 Å². The molecule has 0 aromatic heterocycles. The van der Waals surface area contributed by atoms with Crippen LogP contribution >= 0.6 is 0 Å². The van der Waals surface area contributed by atoms with Crippen LogP contribution in [0.5, 0.6) is 0 Å². The van der Waals surface area contributed by atoms with Gasteiger partial charge in [0, 0.05) is 151 Å². The SMILES string of the molecule is COCCCCCCNC(=O)C[C@H](CCCCNC(=O)COCCOCCNC(=O)CCCCO[C@@H]1OC(CO)[C@H](O)[C@H](O)C1NC(C)=O)NC(=O)C[C@H](CCCCNC(=O)COCCOCCNC(=O)CCCCO[C@@H]1OC(CO)[C@H](O)[C@H](O)C1NC(C)=O)NC(=O)CCCNC(=O)COCCOCCNC(=O)CCCCO[C@@H]1OC(CO)[C@H](O)[C@H](O)C1NC(C)=O. The van der Waals surface area contributed by atoms with Crippen molar-refractivity contribution in [2.24, 2.45) is 0 Å². The van der Waals surface area contributed by atoms with Crippen molar-refractivity contribution in [2.45, 2.75) is 272 Å². The fraction of sp³-hybridized carbons (Fsp3) is 0.854. The molecule has 12 amide bonds. The van der Waals surface area contributed by atoms with E-state index in [2.05, 4.69) is 63.8 Å². The van der Waals surface area contributed by atoms with Crippen LogP contribution in [-0.4, -0.2) is 399 Å². The molecule has 740 valence electrons. The predicted molar refractivity (Wildman–Crippen MR) is 452 cm³/mol. The van der Waals surface area contributed by atoms with Crippen LogP contribution < -0.4 is 63.8 Å². The number of aliphatic hydroxyl groups excluding tert-OH is 9. The van der Waals surface area contributed by atoms with Gasteiger partial charge in [-0.15, -0.1) is 0 Å². The second-order valence-corrected chi connectivity index (χ2v) is 31.2. The zero-order valence-corrected chi connectivity index (χ0v) is 74.7. The monoisotopic (exact) mass is 1850 g/mol. The normalized spacial score (nSPS) is 22.5. The van der Waals surface area contributed by atoms with Gasteiger partial charge < -0.3 is 171 Å². The maximum Gasteiger partial charge on any atom is 0.245 e. The summed E-state index contributed by atoms with van der Waals surface area (Å²) < 4.78 is 71.8. The van der Waals surface area contributed by atoms with Gasteiger partial charge in [0.15, 0.2) is 18.9 Å². The lowest BCUT2D eigenvalue weighted by Crippen LogP contribution is -2.64. The van der Waals surface area contributed by atoms with Crippen molar-refractivity contribution in [3.8, 4) is 0 Å². The number of ether oxygens (including phenoxy) is 13. The first kappa shape index (κ1) is 115. The highest BCUT2D eigenvalue weighted by Gasteiger charge is 2.48. The van der Waals surface area contributed by atoms with Gasteiger partial charge in [0.25, 0.3) is 0 Å². The molecule has 0 saturated carbocycles. The van der Waals surface area contributed by atoms with Gasteiger partial charge >= 0.3 is 0 Å². The summed E-state index contributed by atoms with van der Waals surface area (Å²) >= 11 is 0. The Morgan fingerprint density at radius 1 is 0.289 bits per heavy atom. The molecule has 3 saturated heterocycles. The first-order chi connectivity index (χ1) is 61.6. The first-order valence-electron chi connectivity index (χ1n) is 44.6. The number of nitrogens with one attached hydrogen (secondary N) is 12. The van der Waals surface area contributed by atoms with Crippen molar-refractivity contribution in [3.63, 3.8) is 0 Å². The van der Waals surface area contributed by atoms with Crippen LogP contribution in [0.25, 0.3) is 0 Å². The van der Waals surface area contributed by atoms with Crippen molar-refractivity contribution >= 4 is 70.9 Å². The summed E-state index contributed by atoms with van der Waals surface area (Å²) in [5.41, 5.74) is 0. The highest BCUT2D eigenvalue weighted by atomic mass is 16.7. The minimum atomic E-state index is -1.44. The van der Waals surface area contributed by atoms with Crippen molar-refractivity contribution < 1.29 is 165 Å². The molecule has 0 aliphatic carbocycles. The molecule has 0 radical (unpaired) electrons. The van der Waals surface area contributed by atoms with Gasteiger partial charge in [0.05, 0.1) is 79.3 Å². The molecule has 128 heavy (non-hydrogen) atoms. The average molecular weight is 1850 g/mol. The van der Waals surface area contributed by atoms with Crippen LogP contribution in [0, 0.1) is 0 Å². The number of rotatable bonds is 75. The van der Waals surface area contributed by atoms with Gasteiger partial charge in [-0.25, -0.2) is 0 Å². The van der Waals surface area contributed by atoms with Crippen LogP contribution in [-0.2, 0) is 119 Å². The number of unbranched alkanes of at least 4 members (excludes halogenated alkanes) is 8. The lowest BCUT2D eigenvalue weighted by molar-refractivity contribution is -0.270. The van der Waals surface area contributed by atoms with Gasteiger partial charge in [-0.2, -0.15) is 0 Å². The highest BCUT2D eigenvalue weighted by molar-refractivity contribution is 5.82. The number of hydrogen-bond donors (Lipinski definition) is 21. The number of carbonyl (C=O) groups is 12. The van der Waals surface area contributed by atoms with E-state index >= 15 is 0 Å². The van der Waals surface area contributed by atoms with E-state index in [0.29, 0.717) is 90.2 Å². The third kappa shape index (κ3) is 53.3. The summed E-state index contributed by atoms with van der Waals surface area (Å²) in [4.78, 5) is 151. The molecule has 46 nitrogen and oxygen atoms in total.